The van der Waals surface area contributed by atoms with Crippen LogP contribution in [0.25, 0.3) is 16.9 Å². The second-order valence-electron chi connectivity index (χ2n) is 7.89. The predicted octanol–water partition coefficient (Wildman–Crippen LogP) is 4.86. The van der Waals surface area contributed by atoms with E-state index in [1.54, 1.807) is 34.8 Å². The lowest BCUT2D eigenvalue weighted by Gasteiger charge is -2.35. The number of hydrogen-bond acceptors (Lipinski definition) is 3. The fourth-order valence-electron chi connectivity index (χ4n) is 4.40. The minimum absolute atomic E-state index is 0.0144. The molecular formula is C25H23FN4O. The summed E-state index contributed by atoms with van der Waals surface area (Å²) >= 11 is 0. The second kappa shape index (κ2) is 7.61. The van der Waals surface area contributed by atoms with Crippen molar-refractivity contribution in [2.24, 2.45) is 0 Å². The van der Waals surface area contributed by atoms with Gasteiger partial charge in [0.25, 0.3) is 5.91 Å². The van der Waals surface area contributed by atoms with Gasteiger partial charge < -0.3 is 4.90 Å². The SMILES string of the molecule is CCc1cc(C(=O)N2CCc3ccccc3[C@H]2C)nc2cc(-c3ccccc3F)nn12. The lowest BCUT2D eigenvalue weighted by atomic mass is 9.93. The zero-order valence-corrected chi connectivity index (χ0v) is 17.5. The molecule has 0 saturated heterocycles. The number of nitrogens with zero attached hydrogens (tertiary/aromatic N) is 4. The Labute approximate surface area is 180 Å². The van der Waals surface area contributed by atoms with Crippen LogP contribution in [-0.2, 0) is 12.8 Å². The molecule has 2 aromatic carbocycles. The topological polar surface area (TPSA) is 50.5 Å². The van der Waals surface area contributed by atoms with Gasteiger partial charge in [-0.3, -0.25) is 4.79 Å². The highest BCUT2D eigenvalue weighted by molar-refractivity contribution is 5.93. The van der Waals surface area contributed by atoms with Crippen LogP contribution >= 0.6 is 0 Å². The van der Waals surface area contributed by atoms with Gasteiger partial charge >= 0.3 is 0 Å². The molecule has 6 heteroatoms. The Morgan fingerprint density at radius 2 is 1.90 bits per heavy atom. The zero-order valence-electron chi connectivity index (χ0n) is 17.5. The number of carbonyl (C=O) groups excluding carboxylic acids is 1. The Balaban J connectivity index is 1.55. The molecule has 1 atom stereocenters. The van der Waals surface area contributed by atoms with Gasteiger partial charge in [-0.25, -0.2) is 13.9 Å². The molecule has 156 valence electrons. The van der Waals surface area contributed by atoms with Gasteiger partial charge in [-0.2, -0.15) is 5.10 Å². The molecule has 5 nitrogen and oxygen atoms in total. The van der Waals surface area contributed by atoms with Crippen molar-refractivity contribution in [3.8, 4) is 11.3 Å². The minimum atomic E-state index is -0.332. The van der Waals surface area contributed by atoms with Crippen molar-refractivity contribution in [1.82, 2.24) is 19.5 Å². The van der Waals surface area contributed by atoms with Gasteiger partial charge in [0.2, 0.25) is 0 Å². The summed E-state index contributed by atoms with van der Waals surface area (Å²) in [6.07, 6.45) is 1.51. The van der Waals surface area contributed by atoms with E-state index in [1.165, 1.54) is 17.2 Å². The van der Waals surface area contributed by atoms with E-state index in [1.807, 2.05) is 24.0 Å². The van der Waals surface area contributed by atoms with Crippen LogP contribution in [0.1, 0.15) is 47.2 Å². The van der Waals surface area contributed by atoms with Crippen molar-refractivity contribution in [3.63, 3.8) is 0 Å². The number of rotatable bonds is 3. The molecule has 3 heterocycles. The van der Waals surface area contributed by atoms with Crippen LogP contribution in [0.5, 0.6) is 0 Å². The Kier molecular flexibility index (Phi) is 4.77. The standard InChI is InChI=1S/C25H23FN4O/c1-3-18-14-23(25(31)29-13-12-17-8-4-5-9-19(17)16(29)2)27-24-15-22(28-30(18)24)20-10-6-7-11-21(20)26/h4-11,14-16H,3,12-13H2,1-2H3/t16-/m1/s1. The summed E-state index contributed by atoms with van der Waals surface area (Å²) < 4.78 is 16.0. The molecule has 1 aliphatic rings. The smallest absolute Gasteiger partial charge is 0.273 e. The molecule has 0 spiro atoms. The second-order valence-corrected chi connectivity index (χ2v) is 7.89. The minimum Gasteiger partial charge on any atom is -0.330 e. The van der Waals surface area contributed by atoms with Gasteiger partial charge in [-0.1, -0.05) is 43.3 Å². The van der Waals surface area contributed by atoms with Gasteiger partial charge in [-0.15, -0.1) is 0 Å². The third-order valence-corrected chi connectivity index (χ3v) is 6.09. The van der Waals surface area contributed by atoms with Gasteiger partial charge in [0.05, 0.1) is 11.7 Å². The van der Waals surface area contributed by atoms with E-state index >= 15 is 0 Å². The molecule has 0 unspecified atom stereocenters. The van der Waals surface area contributed by atoms with Gasteiger partial charge in [0.1, 0.15) is 11.5 Å². The molecule has 0 bridgehead atoms. The van der Waals surface area contributed by atoms with E-state index < -0.39 is 0 Å². The quantitative estimate of drug-likeness (QED) is 0.481. The van der Waals surface area contributed by atoms with Crippen molar-refractivity contribution < 1.29 is 9.18 Å². The zero-order chi connectivity index (χ0) is 21.5. The molecule has 0 fully saturated rings. The third-order valence-electron chi connectivity index (χ3n) is 6.09. The molecule has 5 rings (SSSR count). The Morgan fingerprint density at radius 1 is 1.13 bits per heavy atom. The van der Waals surface area contributed by atoms with E-state index in [9.17, 15) is 9.18 Å². The van der Waals surface area contributed by atoms with Crippen molar-refractivity contribution in [2.75, 3.05) is 6.54 Å². The van der Waals surface area contributed by atoms with E-state index in [0.717, 1.165) is 12.1 Å². The predicted molar refractivity (Wildman–Crippen MR) is 117 cm³/mol. The first-order chi connectivity index (χ1) is 15.1. The number of fused-ring (bicyclic) bond motifs is 2. The highest BCUT2D eigenvalue weighted by atomic mass is 19.1. The average molecular weight is 414 g/mol. The van der Waals surface area contributed by atoms with Gasteiger partial charge in [0, 0.05) is 23.9 Å². The Morgan fingerprint density at radius 3 is 2.71 bits per heavy atom. The van der Waals surface area contributed by atoms with Crippen molar-refractivity contribution in [2.45, 2.75) is 32.7 Å². The summed E-state index contributed by atoms with van der Waals surface area (Å²) in [7, 11) is 0. The summed E-state index contributed by atoms with van der Waals surface area (Å²) in [5.41, 5.74) is 5.21. The molecule has 31 heavy (non-hydrogen) atoms. The van der Waals surface area contributed by atoms with Crippen LogP contribution < -0.4 is 0 Å². The van der Waals surface area contributed by atoms with E-state index in [2.05, 4.69) is 29.1 Å². The Bertz CT molecular complexity index is 1300. The Hall–Kier alpha value is -3.54. The molecule has 2 aromatic heterocycles. The number of carbonyl (C=O) groups is 1. The molecule has 4 aromatic rings. The van der Waals surface area contributed by atoms with Crippen LogP contribution in [-0.4, -0.2) is 31.9 Å². The molecule has 0 N–H and O–H groups in total. The lowest BCUT2D eigenvalue weighted by Crippen LogP contribution is -2.39. The van der Waals surface area contributed by atoms with Crippen molar-refractivity contribution in [1.29, 1.82) is 0 Å². The number of halogens is 1. The van der Waals surface area contributed by atoms with Crippen LogP contribution in [0.3, 0.4) is 0 Å². The number of benzene rings is 2. The van der Waals surface area contributed by atoms with Gasteiger partial charge in [0.15, 0.2) is 5.65 Å². The summed E-state index contributed by atoms with van der Waals surface area (Å²) in [6.45, 7) is 4.72. The van der Waals surface area contributed by atoms with Crippen molar-refractivity contribution >= 4 is 11.6 Å². The maximum absolute atomic E-state index is 14.3. The highest BCUT2D eigenvalue weighted by Crippen LogP contribution is 2.30. The maximum atomic E-state index is 14.3. The molecule has 1 amide bonds. The summed E-state index contributed by atoms with van der Waals surface area (Å²) in [5, 5.41) is 4.56. The molecular weight excluding hydrogens is 391 g/mol. The monoisotopic (exact) mass is 414 g/mol. The fourth-order valence-corrected chi connectivity index (χ4v) is 4.40. The first-order valence-corrected chi connectivity index (χ1v) is 10.6. The molecule has 1 aliphatic heterocycles. The van der Waals surface area contributed by atoms with Crippen LogP contribution in [0.4, 0.5) is 4.39 Å². The molecule has 0 radical (unpaired) electrons. The third kappa shape index (κ3) is 3.28. The maximum Gasteiger partial charge on any atom is 0.273 e. The number of amides is 1. The summed E-state index contributed by atoms with van der Waals surface area (Å²) in [4.78, 5) is 19.9. The summed E-state index contributed by atoms with van der Waals surface area (Å²) in [6, 6.07) is 18.3. The van der Waals surface area contributed by atoms with Gasteiger partial charge in [-0.05, 0) is 49.1 Å². The van der Waals surface area contributed by atoms with Crippen LogP contribution in [0.15, 0.2) is 60.7 Å². The number of hydrogen-bond donors (Lipinski definition) is 0. The van der Waals surface area contributed by atoms with Crippen molar-refractivity contribution in [3.05, 3.63) is 89.0 Å². The first-order valence-electron chi connectivity index (χ1n) is 10.6. The normalized spacial score (nSPS) is 15.8. The lowest BCUT2D eigenvalue weighted by molar-refractivity contribution is 0.0671. The van der Waals surface area contributed by atoms with Crippen LogP contribution in [0, 0.1) is 5.82 Å². The van der Waals surface area contributed by atoms with Crippen LogP contribution in [0.2, 0.25) is 0 Å². The molecule has 0 aliphatic carbocycles. The average Bonchev–Trinajstić information content (AvgIpc) is 3.22. The first kappa shape index (κ1) is 19.4. The number of aromatic nitrogens is 3. The fraction of sp³-hybridized carbons (Fsp3) is 0.240. The molecule has 0 saturated carbocycles. The van der Waals surface area contributed by atoms with E-state index in [4.69, 9.17) is 0 Å². The summed E-state index contributed by atoms with van der Waals surface area (Å²) in [5.74, 6) is -0.422. The largest absolute Gasteiger partial charge is 0.330 e. The number of aryl methyl sites for hydroxylation is 1. The highest BCUT2D eigenvalue weighted by Gasteiger charge is 2.29. The van der Waals surface area contributed by atoms with E-state index in [0.29, 0.717) is 35.6 Å². The van der Waals surface area contributed by atoms with E-state index in [-0.39, 0.29) is 17.8 Å².